The molecule has 17 aromatic rings. The Morgan fingerprint density at radius 3 is 1.39 bits per heavy atom. The maximum Gasteiger partial charge on any atom is 0.131 e. The molecular formula is C138H133NO2S7. The zero-order valence-electron chi connectivity index (χ0n) is 88.9. The number of allylic oxidation sites excluding steroid dienone is 10. The predicted molar refractivity (Wildman–Crippen MR) is 647 cm³/mol. The fourth-order valence-corrected chi connectivity index (χ4v) is 32.9. The number of aryl methyl sites for hydroxylation is 7. The third-order valence-corrected chi connectivity index (χ3v) is 40.1. The lowest BCUT2D eigenvalue weighted by atomic mass is 9.87. The van der Waals surface area contributed by atoms with Gasteiger partial charge in [0.25, 0.3) is 0 Å². The number of nitrogens with zero attached hydrogens (tertiary/aromatic N) is 1. The number of aromatic nitrogens is 1. The molecule has 30 rings (SSSR count). The molecule has 0 unspecified atom stereocenters. The number of rotatable bonds is 8. The number of benzene rings is 7. The van der Waals surface area contributed by atoms with Crippen LogP contribution in [0.1, 0.15) is 271 Å². The van der Waals surface area contributed by atoms with Crippen LogP contribution in [-0.2, 0) is 96.9 Å². The Labute approximate surface area is 905 Å². The summed E-state index contributed by atoms with van der Waals surface area (Å²) < 4.78 is 13.8. The van der Waals surface area contributed by atoms with Gasteiger partial charge in [0.15, 0.2) is 0 Å². The van der Waals surface area contributed by atoms with Crippen LogP contribution < -0.4 is 0 Å². The second kappa shape index (κ2) is 43.0. The number of furan rings is 2. The summed E-state index contributed by atoms with van der Waals surface area (Å²) in [7, 11) is 2.15. The number of thiophene rings is 7. The van der Waals surface area contributed by atoms with Crippen molar-refractivity contribution < 1.29 is 8.83 Å². The smallest absolute Gasteiger partial charge is 0.131 e. The molecule has 0 bridgehead atoms. The van der Waals surface area contributed by atoms with Gasteiger partial charge in [-0.2, -0.15) is 0 Å². The van der Waals surface area contributed by atoms with E-state index in [1.807, 2.05) is 86.3 Å². The summed E-state index contributed by atoms with van der Waals surface area (Å²) in [5.74, 6) is 5.28. The molecule has 3 nitrogen and oxygen atoms in total. The van der Waals surface area contributed by atoms with Gasteiger partial charge in [0.1, 0.15) is 23.0 Å². The minimum Gasteiger partial charge on any atom is -0.461 e. The van der Waals surface area contributed by atoms with Crippen LogP contribution in [0.2, 0.25) is 0 Å². The minimum atomic E-state index is 0.874. The van der Waals surface area contributed by atoms with E-state index in [1.165, 1.54) is 301 Å². The van der Waals surface area contributed by atoms with E-state index in [0.29, 0.717) is 0 Å². The molecule has 0 saturated heterocycles. The normalized spacial score (nSPS) is 15.3. The Kier molecular flexibility index (Phi) is 29.1. The van der Waals surface area contributed by atoms with Crippen LogP contribution >= 0.6 is 79.4 Å². The van der Waals surface area contributed by atoms with Crippen LogP contribution in [-0.4, -0.2) is 4.57 Å². The van der Waals surface area contributed by atoms with Crippen LogP contribution in [0.25, 0.3) is 128 Å². The Morgan fingerprint density at radius 1 is 0.304 bits per heavy atom. The lowest BCUT2D eigenvalue weighted by Gasteiger charge is -2.17. The Bertz CT molecular complexity index is 8270. The summed E-state index contributed by atoms with van der Waals surface area (Å²) in [5, 5.41) is 0. The molecule has 0 N–H and O–H groups in total. The Balaban J connectivity index is 0.0000000958. The first-order valence-corrected chi connectivity index (χ1v) is 59.0. The molecular weight excluding hydrogens is 1930 g/mol. The number of hydrogen-bond donors (Lipinski definition) is 0. The van der Waals surface area contributed by atoms with E-state index in [1.54, 1.807) is 48.7 Å². The molecule has 0 aliphatic heterocycles. The first-order valence-electron chi connectivity index (χ1n) is 53.3. The number of hydrogen-bond acceptors (Lipinski definition) is 9. The van der Waals surface area contributed by atoms with E-state index in [9.17, 15) is 0 Å². The Hall–Kier alpha value is -12.3. The predicted octanol–water partition coefficient (Wildman–Crippen LogP) is 39.9. The standard InChI is InChI=1S/C26H20S.C19H16S2.C19H20S.C16H14S.C15H12O.C12H12S.C11H15N.C10H12O.C10H12S/c1-4-10-19(11-5-1)16-25-26(21-14-8-3-9-15-21)23-17-22(18-24(23)27-25)20-12-6-2-7-13-20;1-12-8-9-17(20-12)15-10-16-18(11-15)21-13(2)19(16)14-6-4-3-5-7-14;1-13-19(15-9-3-2-4-10-15)17-11-16(12-18(17)20-13)14-7-5-6-8-14;1-10-8-13-15(9-10)17-14-7-6-11-4-2-3-5-12(11)16(13)14;1-9-6-12-13(7-9)16-14-8-10-4-2-3-5-11(10)15(12)14;1-7-3-9-10-4-8(2)6-12(10)13-11(9)5-7;1-7-5-10-8(2)9(3)12(4)11(10)6-7;2*1-6-4-9-7(2)8(3)11-10(9)5-6/h1-15,18H,16-17H2;3-9,11H,10H2,1-2H3;2-4,9-10,12,14H,5-8,11H2,1H3;2-5,9H,6-8H2,1H3;2-5,7H,6,8H2,1H3;3,6H,4-5H2,1-2H3;6H,5H2,1-4H3;2*5H,4H2,1-3H3. The van der Waals surface area contributed by atoms with Gasteiger partial charge in [0.2, 0.25) is 0 Å². The largest absolute Gasteiger partial charge is 0.461 e. The molecule has 10 heterocycles. The molecule has 0 radical (unpaired) electrons. The molecule has 148 heavy (non-hydrogen) atoms. The van der Waals surface area contributed by atoms with E-state index in [-0.39, 0.29) is 0 Å². The fourth-order valence-electron chi connectivity index (χ4n) is 24.3. The second-order valence-corrected chi connectivity index (χ2v) is 51.4. The highest BCUT2D eigenvalue weighted by molar-refractivity contribution is 7.16. The maximum absolute atomic E-state index is 5.95. The highest BCUT2D eigenvalue weighted by Crippen LogP contribution is 2.54. The second-order valence-electron chi connectivity index (χ2n) is 42.9. The van der Waals surface area contributed by atoms with Crippen molar-refractivity contribution in [3.8, 4) is 55.6 Å². The molecule has 1 fully saturated rings. The summed E-state index contributed by atoms with van der Waals surface area (Å²) in [6, 6.07) is 76.2. The van der Waals surface area contributed by atoms with E-state index >= 15 is 0 Å². The van der Waals surface area contributed by atoms with Crippen LogP contribution in [0.4, 0.5) is 0 Å². The van der Waals surface area contributed by atoms with Crippen molar-refractivity contribution in [3.63, 3.8) is 0 Å². The minimum absolute atomic E-state index is 0.874. The van der Waals surface area contributed by atoms with Gasteiger partial charge in [-0.25, -0.2) is 0 Å². The third kappa shape index (κ3) is 20.5. The van der Waals surface area contributed by atoms with E-state index in [4.69, 9.17) is 8.83 Å². The van der Waals surface area contributed by atoms with Gasteiger partial charge in [0.05, 0.1) is 0 Å². The van der Waals surface area contributed by atoms with Gasteiger partial charge in [-0.1, -0.05) is 264 Å². The molecule has 10 heteroatoms. The molecule has 1 saturated carbocycles. The summed E-state index contributed by atoms with van der Waals surface area (Å²) in [6.07, 6.45) is 44.8. The van der Waals surface area contributed by atoms with Crippen molar-refractivity contribution in [1.29, 1.82) is 0 Å². The molecule has 744 valence electrons. The van der Waals surface area contributed by atoms with Gasteiger partial charge in [0, 0.05) is 141 Å². The summed E-state index contributed by atoms with van der Waals surface area (Å²) >= 11 is 13.7. The van der Waals surface area contributed by atoms with Crippen molar-refractivity contribution in [2.45, 2.75) is 226 Å². The van der Waals surface area contributed by atoms with Gasteiger partial charge in [-0.3, -0.25) is 0 Å². The molecule has 0 spiro atoms. The van der Waals surface area contributed by atoms with Crippen molar-refractivity contribution in [2.24, 2.45) is 13.0 Å². The van der Waals surface area contributed by atoms with Gasteiger partial charge < -0.3 is 13.4 Å². The maximum atomic E-state index is 5.95. The van der Waals surface area contributed by atoms with Crippen LogP contribution in [0.5, 0.6) is 0 Å². The average Bonchev–Trinajstić information content (AvgIpc) is 1.58. The van der Waals surface area contributed by atoms with Crippen molar-refractivity contribution >= 4 is 151 Å². The SMILES string of the molecule is C1=C(c2ccccc2)Cc2c1sc(Cc1ccccc1)c2-c1ccccc1.CC1=Cc2c(c(C)c(C)n2C)C1.CC1=Cc2c(sc3c2CC(C)=C3)C1.CC1=Cc2oc(C)c(C)c2C1.CC1=Cc2oc3c(c2C1)-c1ccccc1C3.CC1=Cc2sc(C)c(C)c2C1.CC1=Cc2sc3c(c2C1)-c1ccccc1CC3.Cc1ccc(C2=Cc3sc(C)c(-c4ccccc4)c3C2)s1.Cc1sc2c(c1-c1ccccc1)CC(C1CCCC1)=C2. The van der Waals surface area contributed by atoms with Crippen LogP contribution in [0.3, 0.4) is 0 Å². The summed E-state index contributed by atoms with van der Waals surface area (Å²) in [4.78, 5) is 20.8. The average molecular weight is 2060 g/mol. The van der Waals surface area contributed by atoms with E-state index in [2.05, 4.69) is 389 Å². The molecule has 10 aromatic heterocycles. The van der Waals surface area contributed by atoms with E-state index in [0.717, 1.165) is 80.3 Å². The van der Waals surface area contributed by atoms with Crippen LogP contribution in [0, 0.1) is 68.2 Å². The lowest BCUT2D eigenvalue weighted by molar-refractivity contribution is 0.516. The Morgan fingerprint density at radius 2 is 0.770 bits per heavy atom. The zero-order chi connectivity index (χ0) is 102. The van der Waals surface area contributed by atoms with Crippen LogP contribution in [0.15, 0.2) is 266 Å². The lowest BCUT2D eigenvalue weighted by Crippen LogP contribution is -2.02. The highest BCUT2D eigenvalue weighted by Gasteiger charge is 2.35. The zero-order valence-corrected chi connectivity index (χ0v) is 94.6. The van der Waals surface area contributed by atoms with Crippen molar-refractivity contribution in [3.05, 3.63) is 454 Å². The number of fused-ring (bicyclic) bond motifs is 19. The topological polar surface area (TPSA) is 31.2 Å². The summed E-state index contributed by atoms with van der Waals surface area (Å²) in [5.41, 5.74) is 57.3. The molecule has 7 aromatic carbocycles. The first kappa shape index (κ1) is 100. The van der Waals surface area contributed by atoms with Gasteiger partial charge >= 0.3 is 0 Å². The highest BCUT2D eigenvalue weighted by atomic mass is 32.1. The fraction of sp³-hybridized carbons (Fsp3) is 0.261. The summed E-state index contributed by atoms with van der Waals surface area (Å²) in [6.45, 7) is 35.1. The van der Waals surface area contributed by atoms with Crippen molar-refractivity contribution in [2.75, 3.05) is 0 Å². The van der Waals surface area contributed by atoms with Gasteiger partial charge in [-0.15, -0.1) is 79.4 Å². The first-order chi connectivity index (χ1) is 71.8. The molecule has 0 atom stereocenters. The third-order valence-electron chi connectivity index (χ3n) is 32.1. The van der Waals surface area contributed by atoms with Crippen molar-refractivity contribution in [1.82, 2.24) is 4.57 Å². The quantitative estimate of drug-likeness (QED) is 0.152. The molecule has 13 aliphatic rings. The monoisotopic (exact) mass is 2060 g/mol. The molecule has 13 aliphatic carbocycles. The van der Waals surface area contributed by atoms with E-state index < -0.39 is 0 Å². The molecule has 0 amide bonds. The van der Waals surface area contributed by atoms with Gasteiger partial charge in [-0.05, 0) is 393 Å².